The number of rotatable bonds is 2. The molecule has 0 atom stereocenters. The molecule has 3 N–H and O–H groups in total. The molecule has 0 unspecified atom stereocenters. The van der Waals surface area contributed by atoms with E-state index in [0.717, 1.165) is 0 Å². The third-order valence-electron chi connectivity index (χ3n) is 1.51. The third kappa shape index (κ3) is 2.00. The summed E-state index contributed by atoms with van der Waals surface area (Å²) in [7, 11) is 0. The maximum Gasteiger partial charge on any atom is 0.248 e. The van der Waals surface area contributed by atoms with Gasteiger partial charge in [-0.15, -0.1) is 12.6 Å². The van der Waals surface area contributed by atoms with Crippen molar-refractivity contribution in [3.63, 3.8) is 0 Å². The Morgan fingerprint density at radius 1 is 1.38 bits per heavy atom. The molecule has 68 valence electrons. The van der Waals surface area contributed by atoms with E-state index >= 15 is 0 Å². The maximum atomic E-state index is 10.8. The zero-order valence-electron chi connectivity index (χ0n) is 6.52. The fourth-order valence-electron chi connectivity index (χ4n) is 0.861. The average molecular weight is 197 g/mol. The molecule has 0 aliphatic rings. The number of hydrogen-bond acceptors (Lipinski definition) is 3. The van der Waals surface area contributed by atoms with E-state index in [-0.39, 0.29) is 16.9 Å². The Balaban J connectivity index is 3.27. The highest BCUT2D eigenvalue weighted by Crippen LogP contribution is 2.19. The van der Waals surface area contributed by atoms with E-state index in [1.54, 1.807) is 0 Å². The summed E-state index contributed by atoms with van der Waals surface area (Å²) in [6, 6.07) is 3.76. The molecule has 0 saturated heterocycles. The second-order valence-electron chi connectivity index (χ2n) is 2.40. The lowest BCUT2D eigenvalue weighted by atomic mass is 10.1. The Labute approximate surface area is 79.8 Å². The molecule has 0 aliphatic carbocycles. The van der Waals surface area contributed by atoms with Gasteiger partial charge in [-0.3, -0.25) is 9.59 Å². The van der Waals surface area contributed by atoms with Gasteiger partial charge in [-0.1, -0.05) is 0 Å². The average Bonchev–Trinajstić information content (AvgIpc) is 2.04. The number of benzene rings is 1. The van der Waals surface area contributed by atoms with Crippen LogP contribution in [0.1, 0.15) is 20.7 Å². The number of phenolic OH excluding ortho intramolecular Hbond substituents is 1. The van der Waals surface area contributed by atoms with E-state index in [9.17, 15) is 9.59 Å². The van der Waals surface area contributed by atoms with Crippen molar-refractivity contribution in [2.75, 3.05) is 0 Å². The lowest BCUT2D eigenvalue weighted by molar-refractivity contribution is 0.100. The van der Waals surface area contributed by atoms with E-state index in [4.69, 9.17) is 10.8 Å². The van der Waals surface area contributed by atoms with Crippen molar-refractivity contribution in [2.45, 2.75) is 0 Å². The van der Waals surface area contributed by atoms with Crippen LogP contribution in [0.3, 0.4) is 0 Å². The van der Waals surface area contributed by atoms with Crippen molar-refractivity contribution in [1.29, 1.82) is 0 Å². The maximum absolute atomic E-state index is 10.8. The summed E-state index contributed by atoms with van der Waals surface area (Å²) in [6.45, 7) is 0. The minimum Gasteiger partial charge on any atom is -0.507 e. The Morgan fingerprint density at radius 2 is 2.00 bits per heavy atom. The molecule has 4 nitrogen and oxygen atoms in total. The lowest BCUT2D eigenvalue weighted by Crippen LogP contribution is -2.11. The van der Waals surface area contributed by atoms with Gasteiger partial charge in [0.05, 0.1) is 5.56 Å². The Bertz CT molecular complexity index is 376. The van der Waals surface area contributed by atoms with Crippen LogP contribution in [0.15, 0.2) is 18.2 Å². The topological polar surface area (TPSA) is 80.4 Å². The first-order valence-electron chi connectivity index (χ1n) is 3.38. The summed E-state index contributed by atoms with van der Waals surface area (Å²) in [5, 5.41) is 8.55. The summed E-state index contributed by atoms with van der Waals surface area (Å²) in [6.07, 6.45) is 0. The second kappa shape index (κ2) is 3.49. The number of amides is 1. The standard InChI is InChI=1S/C8H7NO3S/c9-7(11)4-1-2-6(10)5(3-4)8(12)13/h1-3,10H,(H2,9,11)(H,12,13). The van der Waals surface area contributed by atoms with Gasteiger partial charge < -0.3 is 10.8 Å². The van der Waals surface area contributed by atoms with Gasteiger partial charge in [-0.2, -0.15) is 0 Å². The van der Waals surface area contributed by atoms with E-state index in [0.29, 0.717) is 0 Å². The van der Waals surface area contributed by atoms with E-state index in [1.807, 2.05) is 0 Å². The van der Waals surface area contributed by atoms with Crippen molar-refractivity contribution in [3.8, 4) is 5.75 Å². The molecular formula is C8H7NO3S. The summed E-state index contributed by atoms with van der Waals surface area (Å²) in [5.41, 5.74) is 5.11. The number of carbonyl (C=O) groups excluding carboxylic acids is 2. The van der Waals surface area contributed by atoms with E-state index in [1.165, 1.54) is 18.2 Å². The first-order valence-corrected chi connectivity index (χ1v) is 3.83. The van der Waals surface area contributed by atoms with Crippen molar-refractivity contribution < 1.29 is 14.7 Å². The minimum atomic E-state index is -0.657. The van der Waals surface area contributed by atoms with Gasteiger partial charge in [0.2, 0.25) is 11.0 Å². The highest BCUT2D eigenvalue weighted by Gasteiger charge is 2.10. The molecule has 0 bridgehead atoms. The zero-order valence-corrected chi connectivity index (χ0v) is 7.41. The first-order chi connectivity index (χ1) is 6.02. The molecule has 5 heteroatoms. The molecule has 1 amide bonds. The number of carbonyl (C=O) groups is 2. The Kier molecular flexibility index (Phi) is 2.57. The quantitative estimate of drug-likeness (QED) is 0.606. The van der Waals surface area contributed by atoms with Gasteiger partial charge >= 0.3 is 0 Å². The summed E-state index contributed by atoms with van der Waals surface area (Å²) < 4.78 is 0. The molecule has 1 aromatic rings. The molecule has 13 heavy (non-hydrogen) atoms. The van der Waals surface area contributed by atoms with E-state index < -0.39 is 11.0 Å². The van der Waals surface area contributed by atoms with Gasteiger partial charge in [0.25, 0.3) is 0 Å². The molecule has 0 fully saturated rings. The predicted octanol–water partition coefficient (Wildman–Crippen LogP) is 0.561. The predicted molar refractivity (Wildman–Crippen MR) is 49.9 cm³/mol. The largest absolute Gasteiger partial charge is 0.507 e. The van der Waals surface area contributed by atoms with Crippen LogP contribution in [0.25, 0.3) is 0 Å². The van der Waals surface area contributed by atoms with Crippen LogP contribution in [0.5, 0.6) is 5.75 Å². The van der Waals surface area contributed by atoms with Crippen molar-refractivity contribution in [1.82, 2.24) is 0 Å². The van der Waals surface area contributed by atoms with Crippen LogP contribution >= 0.6 is 12.6 Å². The molecule has 0 radical (unpaired) electrons. The lowest BCUT2D eigenvalue weighted by Gasteiger charge is -2.01. The highest BCUT2D eigenvalue weighted by atomic mass is 32.1. The Morgan fingerprint density at radius 3 is 2.46 bits per heavy atom. The van der Waals surface area contributed by atoms with Crippen LogP contribution in [0.2, 0.25) is 0 Å². The van der Waals surface area contributed by atoms with Gasteiger partial charge in [0, 0.05) is 5.56 Å². The van der Waals surface area contributed by atoms with Crippen molar-refractivity contribution >= 4 is 23.7 Å². The third-order valence-corrected chi connectivity index (χ3v) is 1.75. The number of phenols is 1. The number of aromatic hydroxyl groups is 1. The monoisotopic (exact) mass is 197 g/mol. The summed E-state index contributed by atoms with van der Waals surface area (Å²) in [5.74, 6) is -0.874. The molecule has 0 heterocycles. The zero-order chi connectivity index (χ0) is 10.0. The van der Waals surface area contributed by atoms with Crippen LogP contribution < -0.4 is 5.73 Å². The van der Waals surface area contributed by atoms with Crippen molar-refractivity contribution in [2.24, 2.45) is 5.73 Å². The van der Waals surface area contributed by atoms with Gasteiger partial charge in [-0.25, -0.2) is 0 Å². The summed E-state index contributed by atoms with van der Waals surface area (Å²) >= 11 is 3.52. The molecule has 1 rings (SSSR count). The van der Waals surface area contributed by atoms with E-state index in [2.05, 4.69) is 12.6 Å². The Hall–Kier alpha value is -1.49. The normalized spacial score (nSPS) is 9.62. The molecule has 0 aliphatic heterocycles. The molecule has 0 spiro atoms. The molecule has 1 aromatic carbocycles. The number of thiol groups is 1. The smallest absolute Gasteiger partial charge is 0.248 e. The SMILES string of the molecule is NC(=O)c1ccc(O)c(C(=O)S)c1. The van der Waals surface area contributed by atoms with Crippen LogP contribution in [-0.4, -0.2) is 16.1 Å². The van der Waals surface area contributed by atoms with Gasteiger partial charge in [0.15, 0.2) is 0 Å². The van der Waals surface area contributed by atoms with Crippen molar-refractivity contribution in [3.05, 3.63) is 29.3 Å². The van der Waals surface area contributed by atoms with Crippen LogP contribution in [0.4, 0.5) is 0 Å². The summed E-state index contributed by atoms with van der Waals surface area (Å²) in [4.78, 5) is 21.5. The number of hydrogen-bond donors (Lipinski definition) is 3. The second-order valence-corrected chi connectivity index (χ2v) is 2.81. The fraction of sp³-hybridized carbons (Fsp3) is 0. The highest BCUT2D eigenvalue weighted by molar-refractivity contribution is 7.97. The molecule has 0 saturated carbocycles. The van der Waals surface area contributed by atoms with Gasteiger partial charge in [0.1, 0.15) is 5.75 Å². The number of nitrogens with two attached hydrogens (primary N) is 1. The van der Waals surface area contributed by atoms with Crippen LogP contribution in [0, 0.1) is 0 Å². The molecule has 0 aromatic heterocycles. The first kappa shape index (κ1) is 9.60. The fourth-order valence-corrected chi connectivity index (χ4v) is 1.04. The van der Waals surface area contributed by atoms with Gasteiger partial charge in [-0.05, 0) is 18.2 Å². The molecular weight excluding hydrogens is 190 g/mol. The van der Waals surface area contributed by atoms with Crippen LogP contribution in [-0.2, 0) is 0 Å². The number of primary amides is 1. The minimum absolute atomic E-state index is 0.0281.